The number of benzene rings is 2. The van der Waals surface area contributed by atoms with Gasteiger partial charge in [-0.15, -0.1) is 0 Å². The van der Waals surface area contributed by atoms with E-state index in [0.29, 0.717) is 10.7 Å². The summed E-state index contributed by atoms with van der Waals surface area (Å²) in [6, 6.07) is 12.3. The van der Waals surface area contributed by atoms with Gasteiger partial charge in [-0.1, -0.05) is 39.4 Å². The number of fused-ring (bicyclic) bond motifs is 1. The Balaban J connectivity index is 1.66. The molecule has 3 rings (SSSR count). The van der Waals surface area contributed by atoms with Crippen molar-refractivity contribution < 1.29 is 14.3 Å². The van der Waals surface area contributed by atoms with Gasteiger partial charge in [-0.05, 0) is 30.3 Å². The summed E-state index contributed by atoms with van der Waals surface area (Å²) in [5.74, 6) is -0.601. The highest BCUT2D eigenvalue weighted by Gasteiger charge is 2.15. The molecular weight excluding hydrogens is 421 g/mol. The van der Waals surface area contributed by atoms with E-state index < -0.39 is 0 Å². The number of nitrogens with zero attached hydrogens (tertiary/aromatic N) is 2. The average Bonchev–Trinajstić information content (AvgIpc) is 3.00. The van der Waals surface area contributed by atoms with E-state index in [2.05, 4.69) is 26.2 Å². The average molecular weight is 438 g/mol. The Hall–Kier alpha value is -1.87. The van der Waals surface area contributed by atoms with Gasteiger partial charge in [0, 0.05) is 23.1 Å². The molecule has 0 aliphatic carbocycles. The number of aromatic nitrogens is 1. The van der Waals surface area contributed by atoms with Gasteiger partial charge in [0.2, 0.25) is 5.91 Å². The molecule has 0 saturated heterocycles. The second kappa shape index (κ2) is 8.68. The minimum Gasteiger partial charge on any atom is -0.395 e. The van der Waals surface area contributed by atoms with Crippen LogP contribution in [0.2, 0.25) is 0 Å². The van der Waals surface area contributed by atoms with Gasteiger partial charge in [0.25, 0.3) is 0 Å². The minimum absolute atomic E-state index is 0.0302. The van der Waals surface area contributed by atoms with Gasteiger partial charge in [0.1, 0.15) is 5.82 Å². The lowest BCUT2D eigenvalue weighted by Crippen LogP contribution is -2.35. The zero-order chi connectivity index (χ0) is 18.5. The van der Waals surface area contributed by atoms with Crippen molar-refractivity contribution in [2.75, 3.05) is 25.0 Å². The second-order valence-corrected chi connectivity index (χ2v) is 7.65. The number of hydrogen-bond donors (Lipinski definition) is 2. The summed E-state index contributed by atoms with van der Waals surface area (Å²) in [5, 5.41) is 12.5. The molecule has 2 N–H and O–H groups in total. The summed E-state index contributed by atoms with van der Waals surface area (Å²) in [6.45, 7) is 0.394. The SMILES string of the molecule is O=C(CN(CCO)Cc1cc(Br)ccc1F)Nc1nc2ccccc2s1. The van der Waals surface area contributed by atoms with Crippen LogP contribution in [0.3, 0.4) is 0 Å². The van der Waals surface area contributed by atoms with E-state index in [0.717, 1.165) is 14.7 Å². The number of anilines is 1. The third-order valence-corrected chi connectivity index (χ3v) is 5.17. The van der Waals surface area contributed by atoms with Gasteiger partial charge in [-0.2, -0.15) is 0 Å². The summed E-state index contributed by atoms with van der Waals surface area (Å²) in [5.41, 5.74) is 1.29. The normalized spacial score (nSPS) is 11.2. The first-order valence-electron chi connectivity index (χ1n) is 7.97. The maximum Gasteiger partial charge on any atom is 0.240 e. The van der Waals surface area contributed by atoms with Crippen molar-refractivity contribution in [1.82, 2.24) is 9.88 Å². The molecule has 0 fully saturated rings. The van der Waals surface area contributed by atoms with Crippen molar-refractivity contribution in [3.63, 3.8) is 0 Å². The number of carbonyl (C=O) groups is 1. The summed E-state index contributed by atoms with van der Waals surface area (Å²) in [7, 11) is 0. The first kappa shape index (κ1) is 18.9. The van der Waals surface area contributed by atoms with Gasteiger partial charge >= 0.3 is 0 Å². The Bertz CT molecular complexity index is 885. The second-order valence-electron chi connectivity index (χ2n) is 5.70. The molecule has 5 nitrogen and oxygen atoms in total. The zero-order valence-corrected chi connectivity index (χ0v) is 16.2. The highest BCUT2D eigenvalue weighted by atomic mass is 79.9. The Labute approximate surface area is 162 Å². The van der Waals surface area contributed by atoms with Crippen LogP contribution in [0.25, 0.3) is 10.2 Å². The predicted molar refractivity (Wildman–Crippen MR) is 105 cm³/mol. The molecule has 3 aromatic rings. The third kappa shape index (κ3) is 4.85. The number of hydrogen-bond acceptors (Lipinski definition) is 5. The molecule has 1 amide bonds. The van der Waals surface area contributed by atoms with Crippen LogP contribution in [-0.2, 0) is 11.3 Å². The van der Waals surface area contributed by atoms with E-state index in [-0.39, 0.29) is 38.0 Å². The van der Waals surface area contributed by atoms with Crippen molar-refractivity contribution in [3.8, 4) is 0 Å². The Morgan fingerprint density at radius 2 is 2.12 bits per heavy atom. The summed E-state index contributed by atoms with van der Waals surface area (Å²) in [4.78, 5) is 18.4. The van der Waals surface area contributed by atoms with Gasteiger partial charge in [0.05, 0.1) is 23.4 Å². The topological polar surface area (TPSA) is 65.5 Å². The van der Waals surface area contributed by atoms with Crippen LogP contribution in [0, 0.1) is 5.82 Å². The fraction of sp³-hybridized carbons (Fsp3) is 0.222. The fourth-order valence-electron chi connectivity index (χ4n) is 2.55. The molecule has 0 aliphatic heterocycles. The van der Waals surface area contributed by atoms with Gasteiger partial charge in [-0.3, -0.25) is 9.69 Å². The van der Waals surface area contributed by atoms with Gasteiger partial charge in [-0.25, -0.2) is 9.37 Å². The van der Waals surface area contributed by atoms with E-state index >= 15 is 0 Å². The summed E-state index contributed by atoms with van der Waals surface area (Å²) < 4.78 is 15.7. The molecule has 0 aliphatic rings. The molecule has 0 spiro atoms. The number of amides is 1. The number of halogens is 2. The predicted octanol–water partition coefficient (Wildman–Crippen LogP) is 3.63. The Kier molecular flexibility index (Phi) is 6.31. The lowest BCUT2D eigenvalue weighted by molar-refractivity contribution is -0.117. The Morgan fingerprint density at radius 3 is 2.88 bits per heavy atom. The van der Waals surface area contributed by atoms with E-state index in [4.69, 9.17) is 0 Å². The lowest BCUT2D eigenvalue weighted by Gasteiger charge is -2.21. The number of aliphatic hydroxyl groups excluding tert-OH is 1. The number of nitrogens with one attached hydrogen (secondary N) is 1. The number of thiazole rings is 1. The van der Waals surface area contributed by atoms with Crippen molar-refractivity contribution >= 4 is 48.5 Å². The highest BCUT2D eigenvalue weighted by molar-refractivity contribution is 9.10. The molecule has 0 atom stereocenters. The molecule has 26 heavy (non-hydrogen) atoms. The van der Waals surface area contributed by atoms with Crippen molar-refractivity contribution in [3.05, 3.63) is 58.3 Å². The number of rotatable bonds is 7. The van der Waals surface area contributed by atoms with Gasteiger partial charge in [0.15, 0.2) is 5.13 Å². The number of para-hydroxylation sites is 1. The van der Waals surface area contributed by atoms with Crippen molar-refractivity contribution in [2.45, 2.75) is 6.54 Å². The quantitative estimate of drug-likeness (QED) is 0.592. The van der Waals surface area contributed by atoms with Crippen molar-refractivity contribution in [1.29, 1.82) is 0 Å². The zero-order valence-electron chi connectivity index (χ0n) is 13.8. The van der Waals surface area contributed by atoms with Crippen LogP contribution < -0.4 is 5.32 Å². The van der Waals surface area contributed by atoms with Gasteiger partial charge < -0.3 is 10.4 Å². The first-order chi connectivity index (χ1) is 12.5. The number of carbonyl (C=O) groups excluding carboxylic acids is 1. The van der Waals surface area contributed by atoms with Crippen LogP contribution in [-0.4, -0.2) is 40.6 Å². The Morgan fingerprint density at radius 1 is 1.31 bits per heavy atom. The highest BCUT2D eigenvalue weighted by Crippen LogP contribution is 2.25. The molecule has 1 heterocycles. The van der Waals surface area contributed by atoms with Crippen LogP contribution >= 0.6 is 27.3 Å². The molecule has 0 saturated carbocycles. The minimum atomic E-state index is -0.345. The maximum absolute atomic E-state index is 14.0. The number of aliphatic hydroxyl groups is 1. The fourth-order valence-corrected chi connectivity index (χ4v) is 3.84. The third-order valence-electron chi connectivity index (χ3n) is 3.73. The molecule has 2 aromatic carbocycles. The largest absolute Gasteiger partial charge is 0.395 e. The molecule has 0 unspecified atom stereocenters. The van der Waals surface area contributed by atoms with Crippen LogP contribution in [0.1, 0.15) is 5.56 Å². The molecule has 1 aromatic heterocycles. The summed E-state index contributed by atoms with van der Waals surface area (Å²) >= 11 is 4.71. The molecule has 8 heteroatoms. The smallest absolute Gasteiger partial charge is 0.240 e. The molecule has 0 radical (unpaired) electrons. The monoisotopic (exact) mass is 437 g/mol. The van der Waals surface area contributed by atoms with E-state index in [9.17, 15) is 14.3 Å². The first-order valence-corrected chi connectivity index (χ1v) is 9.58. The molecular formula is C18H17BrFN3O2S. The van der Waals surface area contributed by atoms with E-state index in [1.165, 1.54) is 17.4 Å². The standard InChI is InChI=1S/C18H17BrFN3O2S/c19-13-5-6-14(20)12(9-13)10-23(7-8-24)11-17(25)22-18-21-15-3-1-2-4-16(15)26-18/h1-6,9,24H,7-8,10-11H2,(H,21,22,25). The summed E-state index contributed by atoms with van der Waals surface area (Å²) in [6.07, 6.45) is 0. The molecule has 0 bridgehead atoms. The van der Waals surface area contributed by atoms with E-state index in [1.54, 1.807) is 17.0 Å². The van der Waals surface area contributed by atoms with E-state index in [1.807, 2.05) is 24.3 Å². The molecule has 136 valence electrons. The lowest BCUT2D eigenvalue weighted by atomic mass is 10.2. The van der Waals surface area contributed by atoms with Crippen molar-refractivity contribution in [2.24, 2.45) is 0 Å². The van der Waals surface area contributed by atoms with Crippen LogP contribution in [0.5, 0.6) is 0 Å². The van der Waals surface area contributed by atoms with Crippen LogP contribution in [0.4, 0.5) is 9.52 Å². The van der Waals surface area contributed by atoms with Crippen LogP contribution in [0.15, 0.2) is 46.9 Å². The maximum atomic E-state index is 14.0.